The van der Waals surface area contributed by atoms with Crippen molar-refractivity contribution < 1.29 is 9.53 Å². The van der Waals surface area contributed by atoms with Gasteiger partial charge in [0, 0.05) is 23.7 Å². The molecule has 0 bridgehead atoms. The highest BCUT2D eigenvalue weighted by Crippen LogP contribution is 2.17. The Labute approximate surface area is 132 Å². The maximum atomic E-state index is 11.6. The number of rotatable bonds is 5. The molecular weight excluding hydrogens is 288 g/mol. The first-order chi connectivity index (χ1) is 9.67. The maximum Gasteiger partial charge on any atom is 0.407 e. The van der Waals surface area contributed by atoms with Crippen LogP contribution in [0.25, 0.3) is 0 Å². The highest BCUT2D eigenvalue weighted by molar-refractivity contribution is 6.30. The summed E-state index contributed by atoms with van der Waals surface area (Å²) < 4.78 is 5.20. The monoisotopic (exact) mass is 312 g/mol. The third kappa shape index (κ3) is 7.34. The fraction of sp³-hybridized carbons (Fsp3) is 0.562. The van der Waals surface area contributed by atoms with E-state index in [2.05, 4.69) is 17.6 Å². The Kier molecular flexibility index (Phi) is 6.49. The molecule has 5 heteroatoms. The fourth-order valence-electron chi connectivity index (χ4n) is 1.91. The average Bonchev–Trinajstić information content (AvgIpc) is 2.34. The number of alkyl carbamates (subject to hydrolysis) is 1. The van der Waals surface area contributed by atoms with Gasteiger partial charge in [0.1, 0.15) is 5.60 Å². The minimum absolute atomic E-state index is 0.117. The lowest BCUT2D eigenvalue weighted by Gasteiger charge is -2.23. The van der Waals surface area contributed by atoms with Gasteiger partial charge >= 0.3 is 6.09 Å². The molecule has 0 aliphatic carbocycles. The number of ether oxygens (including phenoxy) is 1. The Bertz CT molecular complexity index is 472. The lowest BCUT2D eigenvalue weighted by Crippen LogP contribution is -2.41. The van der Waals surface area contributed by atoms with E-state index in [0.717, 1.165) is 10.6 Å². The maximum absolute atomic E-state index is 11.6. The summed E-state index contributed by atoms with van der Waals surface area (Å²) in [5.74, 6) is 0. The molecule has 1 rings (SSSR count). The topological polar surface area (TPSA) is 50.4 Å². The van der Waals surface area contributed by atoms with Crippen molar-refractivity contribution in [2.45, 2.75) is 52.3 Å². The third-order valence-electron chi connectivity index (χ3n) is 2.83. The summed E-state index contributed by atoms with van der Waals surface area (Å²) in [6.07, 6.45) is -0.397. The fourth-order valence-corrected chi connectivity index (χ4v) is 2.11. The summed E-state index contributed by atoms with van der Waals surface area (Å²) in [6, 6.07) is 8.01. The first-order valence-corrected chi connectivity index (χ1v) is 7.53. The molecule has 1 aromatic rings. The van der Waals surface area contributed by atoms with Crippen LogP contribution in [0.4, 0.5) is 4.79 Å². The zero-order valence-corrected chi connectivity index (χ0v) is 14.1. The van der Waals surface area contributed by atoms with Gasteiger partial charge in [-0.25, -0.2) is 4.79 Å². The van der Waals surface area contributed by atoms with Crippen molar-refractivity contribution in [3.05, 3.63) is 34.9 Å². The van der Waals surface area contributed by atoms with Crippen LogP contribution in [0.5, 0.6) is 0 Å². The molecule has 0 aromatic heterocycles. The summed E-state index contributed by atoms with van der Waals surface area (Å²) in [5.41, 5.74) is 0.640. The van der Waals surface area contributed by atoms with Gasteiger partial charge in [0.25, 0.3) is 0 Å². The van der Waals surface area contributed by atoms with Crippen LogP contribution in [0.3, 0.4) is 0 Å². The van der Waals surface area contributed by atoms with Gasteiger partial charge in [-0.15, -0.1) is 0 Å². The second kappa shape index (κ2) is 7.66. The van der Waals surface area contributed by atoms with Crippen LogP contribution in [0, 0.1) is 0 Å². The van der Waals surface area contributed by atoms with E-state index in [4.69, 9.17) is 16.3 Å². The van der Waals surface area contributed by atoms with Gasteiger partial charge in [-0.05, 0) is 52.3 Å². The van der Waals surface area contributed by atoms with Crippen LogP contribution in [0.15, 0.2) is 24.3 Å². The Morgan fingerprint density at radius 3 is 2.57 bits per heavy atom. The van der Waals surface area contributed by atoms with Crippen molar-refractivity contribution in [1.29, 1.82) is 0 Å². The first kappa shape index (κ1) is 17.8. The van der Waals surface area contributed by atoms with Crippen molar-refractivity contribution in [2.75, 3.05) is 6.54 Å². The number of halogens is 1. The Balaban J connectivity index is 2.40. The number of amides is 1. The molecule has 0 heterocycles. The van der Waals surface area contributed by atoms with Gasteiger partial charge in [0.05, 0.1) is 0 Å². The Hall–Kier alpha value is -1.26. The Morgan fingerprint density at radius 2 is 2.00 bits per heavy atom. The molecule has 0 spiro atoms. The minimum Gasteiger partial charge on any atom is -0.444 e. The highest BCUT2D eigenvalue weighted by Gasteiger charge is 2.17. The van der Waals surface area contributed by atoms with Crippen LogP contribution in [-0.4, -0.2) is 24.3 Å². The third-order valence-corrected chi connectivity index (χ3v) is 3.07. The second-order valence-corrected chi connectivity index (χ2v) is 6.66. The lowest BCUT2D eigenvalue weighted by molar-refractivity contribution is 0.0522. The highest BCUT2D eigenvalue weighted by atomic mass is 35.5. The second-order valence-electron chi connectivity index (χ2n) is 6.23. The van der Waals surface area contributed by atoms with E-state index in [1.807, 2.05) is 52.0 Å². The first-order valence-electron chi connectivity index (χ1n) is 7.16. The minimum atomic E-state index is -0.477. The summed E-state index contributed by atoms with van der Waals surface area (Å²) in [4.78, 5) is 11.6. The molecule has 2 atom stereocenters. The molecule has 0 saturated heterocycles. The summed E-state index contributed by atoms with van der Waals surface area (Å²) in [5, 5.41) is 6.89. The van der Waals surface area contributed by atoms with Gasteiger partial charge in [-0.1, -0.05) is 23.7 Å². The molecule has 118 valence electrons. The van der Waals surface area contributed by atoms with Crippen molar-refractivity contribution in [2.24, 2.45) is 0 Å². The van der Waals surface area contributed by atoms with E-state index in [1.54, 1.807) is 0 Å². The number of carbonyl (C=O) groups excluding carboxylic acids is 1. The molecule has 2 N–H and O–H groups in total. The summed E-state index contributed by atoms with van der Waals surface area (Å²) in [6.45, 7) is 10.1. The van der Waals surface area contributed by atoms with Crippen LogP contribution >= 0.6 is 11.6 Å². The number of benzene rings is 1. The average molecular weight is 313 g/mol. The van der Waals surface area contributed by atoms with Crippen LogP contribution < -0.4 is 10.6 Å². The van der Waals surface area contributed by atoms with Crippen molar-refractivity contribution >= 4 is 17.7 Å². The number of carbonyl (C=O) groups is 1. The number of nitrogens with one attached hydrogen (secondary N) is 2. The van der Waals surface area contributed by atoms with E-state index < -0.39 is 11.7 Å². The van der Waals surface area contributed by atoms with Gasteiger partial charge in [-0.3, -0.25) is 0 Å². The summed E-state index contributed by atoms with van der Waals surface area (Å²) >= 11 is 5.99. The van der Waals surface area contributed by atoms with Crippen LogP contribution in [-0.2, 0) is 4.74 Å². The molecule has 0 radical (unpaired) electrons. The van der Waals surface area contributed by atoms with Crippen molar-refractivity contribution in [1.82, 2.24) is 10.6 Å². The molecule has 0 fully saturated rings. The van der Waals surface area contributed by atoms with Gasteiger partial charge < -0.3 is 15.4 Å². The van der Waals surface area contributed by atoms with Gasteiger partial charge in [-0.2, -0.15) is 0 Å². The van der Waals surface area contributed by atoms with Crippen LogP contribution in [0.2, 0.25) is 5.02 Å². The molecule has 21 heavy (non-hydrogen) atoms. The zero-order chi connectivity index (χ0) is 16.0. The summed E-state index contributed by atoms with van der Waals surface area (Å²) in [7, 11) is 0. The molecule has 1 aromatic carbocycles. The van der Waals surface area contributed by atoms with E-state index >= 15 is 0 Å². The molecule has 0 saturated carbocycles. The van der Waals surface area contributed by atoms with Crippen LogP contribution in [0.1, 0.15) is 46.2 Å². The molecular formula is C16H25ClN2O2. The van der Waals surface area contributed by atoms with Gasteiger partial charge in [0.2, 0.25) is 0 Å². The normalized spacial score (nSPS) is 14.4. The van der Waals surface area contributed by atoms with E-state index in [1.165, 1.54) is 0 Å². The number of hydrogen-bond donors (Lipinski definition) is 2. The molecule has 0 aliphatic heterocycles. The quantitative estimate of drug-likeness (QED) is 0.867. The van der Waals surface area contributed by atoms with E-state index in [-0.39, 0.29) is 12.1 Å². The number of hydrogen-bond acceptors (Lipinski definition) is 3. The standard InChI is InChI=1S/C16H25ClN2O2/c1-11(10-18-15(20)21-16(3,4)5)19-12(2)13-7-6-8-14(17)9-13/h6-9,11-12,19H,10H2,1-5H3,(H,18,20)/t11?,12-/m0/s1. The van der Waals surface area contributed by atoms with Crippen molar-refractivity contribution in [3.63, 3.8) is 0 Å². The predicted octanol–water partition coefficient (Wildman–Crippen LogP) is 3.90. The van der Waals surface area contributed by atoms with E-state index in [9.17, 15) is 4.79 Å². The largest absolute Gasteiger partial charge is 0.444 e. The van der Waals surface area contributed by atoms with E-state index in [0.29, 0.717) is 6.54 Å². The molecule has 1 amide bonds. The molecule has 4 nitrogen and oxygen atoms in total. The SMILES string of the molecule is CC(CNC(=O)OC(C)(C)C)N[C@@H](C)c1cccc(Cl)c1. The molecule has 0 aliphatic rings. The predicted molar refractivity (Wildman–Crippen MR) is 86.7 cm³/mol. The lowest BCUT2D eigenvalue weighted by atomic mass is 10.1. The van der Waals surface area contributed by atoms with Gasteiger partial charge in [0.15, 0.2) is 0 Å². The molecule has 1 unspecified atom stereocenters. The zero-order valence-electron chi connectivity index (χ0n) is 13.4. The van der Waals surface area contributed by atoms with Crippen molar-refractivity contribution in [3.8, 4) is 0 Å². The Morgan fingerprint density at radius 1 is 1.33 bits per heavy atom. The smallest absolute Gasteiger partial charge is 0.407 e.